The molecule has 2 aromatic rings. The Labute approximate surface area is 248 Å². The molecule has 9 nitrogen and oxygen atoms in total. The number of fused-ring (bicyclic) bond motifs is 2. The topological polar surface area (TPSA) is 103 Å². The lowest BCUT2D eigenvalue weighted by molar-refractivity contribution is -0.148. The summed E-state index contributed by atoms with van der Waals surface area (Å²) >= 11 is 0. The smallest absolute Gasteiger partial charge is 0.250 e. The largest absolute Gasteiger partial charge is 0.493 e. The number of hydrogen-bond acceptors (Lipinski definition) is 6. The molecule has 40 heavy (non-hydrogen) atoms. The summed E-state index contributed by atoms with van der Waals surface area (Å²) < 4.78 is 5.77. The summed E-state index contributed by atoms with van der Waals surface area (Å²) in [6.45, 7) is 4.14. The van der Waals surface area contributed by atoms with Crippen LogP contribution in [0.5, 0.6) is 5.75 Å². The van der Waals surface area contributed by atoms with Gasteiger partial charge in [-0.25, -0.2) is 0 Å². The van der Waals surface area contributed by atoms with Gasteiger partial charge in [0.15, 0.2) is 0 Å². The third-order valence-corrected chi connectivity index (χ3v) is 8.04. The minimum atomic E-state index is -0.883. The van der Waals surface area contributed by atoms with Crippen molar-refractivity contribution in [3.05, 3.63) is 65.7 Å². The van der Waals surface area contributed by atoms with Gasteiger partial charge in [0.1, 0.15) is 17.8 Å². The van der Waals surface area contributed by atoms with Gasteiger partial charge in [-0.2, -0.15) is 0 Å². The summed E-state index contributed by atoms with van der Waals surface area (Å²) in [7, 11) is 1.71. The van der Waals surface area contributed by atoms with E-state index in [-0.39, 0.29) is 54.6 Å². The summed E-state index contributed by atoms with van der Waals surface area (Å²) in [6.07, 6.45) is 2.71. The van der Waals surface area contributed by atoms with Crippen LogP contribution in [0.1, 0.15) is 49.4 Å². The monoisotopic (exact) mass is 591 g/mol. The molecule has 0 aromatic heterocycles. The lowest BCUT2D eigenvalue weighted by Crippen LogP contribution is -2.64. The predicted molar refractivity (Wildman–Crippen MR) is 158 cm³/mol. The van der Waals surface area contributed by atoms with Crippen molar-refractivity contribution >= 4 is 42.5 Å². The van der Waals surface area contributed by atoms with Gasteiger partial charge in [-0.1, -0.05) is 48.5 Å². The highest BCUT2D eigenvalue weighted by atomic mass is 35.5. The third-order valence-electron chi connectivity index (χ3n) is 8.04. The van der Waals surface area contributed by atoms with Crippen molar-refractivity contribution in [3.8, 4) is 5.75 Å². The highest BCUT2D eigenvalue weighted by Crippen LogP contribution is 2.33. The molecule has 3 N–H and O–H groups in total. The van der Waals surface area contributed by atoms with Crippen molar-refractivity contribution in [2.45, 2.75) is 56.4 Å². The van der Waals surface area contributed by atoms with Gasteiger partial charge in [-0.05, 0) is 45.0 Å². The van der Waals surface area contributed by atoms with E-state index >= 15 is 0 Å². The van der Waals surface area contributed by atoms with Crippen LogP contribution in [0.3, 0.4) is 0 Å². The fraction of sp³-hybridized carbons (Fsp3) is 0.483. The Balaban J connectivity index is 0.00000220. The molecule has 3 amide bonds. The Morgan fingerprint density at radius 2 is 1.70 bits per heavy atom. The first-order valence-electron chi connectivity index (χ1n) is 13.6. The van der Waals surface area contributed by atoms with Crippen molar-refractivity contribution in [1.82, 2.24) is 25.8 Å². The molecule has 0 spiro atoms. The lowest BCUT2D eigenvalue weighted by Gasteiger charge is -2.44. The number of likely N-dealkylation sites (N-methyl/N-ethyl adjacent to an activating group) is 1. The van der Waals surface area contributed by atoms with Crippen LogP contribution in [-0.2, 0) is 14.4 Å². The zero-order valence-corrected chi connectivity index (χ0v) is 24.5. The molecule has 0 radical (unpaired) electrons. The van der Waals surface area contributed by atoms with E-state index in [9.17, 15) is 14.4 Å². The van der Waals surface area contributed by atoms with Gasteiger partial charge in [0, 0.05) is 31.1 Å². The Morgan fingerprint density at radius 3 is 2.45 bits per heavy atom. The number of rotatable bonds is 7. The van der Waals surface area contributed by atoms with Crippen molar-refractivity contribution < 1.29 is 19.1 Å². The first-order chi connectivity index (χ1) is 18.5. The number of amides is 3. The van der Waals surface area contributed by atoms with Crippen molar-refractivity contribution in [2.75, 3.05) is 33.3 Å². The van der Waals surface area contributed by atoms with Gasteiger partial charge in [0.05, 0.1) is 18.7 Å². The molecule has 0 aliphatic carbocycles. The van der Waals surface area contributed by atoms with Gasteiger partial charge in [0.25, 0.3) is 5.91 Å². The average molecular weight is 593 g/mol. The summed E-state index contributed by atoms with van der Waals surface area (Å²) in [5.74, 6) is 0.0822. The predicted octanol–water partition coefficient (Wildman–Crippen LogP) is 2.61. The average Bonchev–Trinajstić information content (AvgIpc) is 3.42. The first-order valence-corrected chi connectivity index (χ1v) is 13.6. The summed E-state index contributed by atoms with van der Waals surface area (Å²) in [4.78, 5) is 45.0. The van der Waals surface area contributed by atoms with Crippen LogP contribution >= 0.6 is 24.8 Å². The summed E-state index contributed by atoms with van der Waals surface area (Å²) in [6, 6.07) is 15.1. The maximum atomic E-state index is 14.2. The highest BCUT2D eigenvalue weighted by molar-refractivity contribution is 5.94. The van der Waals surface area contributed by atoms with E-state index in [1.54, 1.807) is 18.9 Å². The number of piperazine rings is 1. The molecule has 3 heterocycles. The first kappa shape index (κ1) is 31.7. The standard InChI is InChI=1S/C29H37N5O4.2ClH/c1-19(30-2)27(35)32-26(20-9-4-3-5-10-20)29(37)34-17-21-11-8-15-33(21)18-24(34)28(36)31-23-14-16-38-25-13-7-6-12-22(23)25;;/h3-7,9-10,12-13,19,21,23-24,26,30H,8,11,14-18H2,1-2H3,(H,31,36)(H,32,35);2*1H/t19-,21?,23+,24?,26-;;/m0../s1. The van der Waals surface area contributed by atoms with Crippen LogP contribution in [0.4, 0.5) is 0 Å². The van der Waals surface area contributed by atoms with Crippen molar-refractivity contribution in [1.29, 1.82) is 0 Å². The number of para-hydroxylation sites is 1. The van der Waals surface area contributed by atoms with Gasteiger partial charge in [-0.15, -0.1) is 24.8 Å². The van der Waals surface area contributed by atoms with Gasteiger partial charge in [0.2, 0.25) is 11.8 Å². The van der Waals surface area contributed by atoms with Crippen LogP contribution in [0, 0.1) is 0 Å². The summed E-state index contributed by atoms with van der Waals surface area (Å²) in [5, 5.41) is 9.09. The van der Waals surface area contributed by atoms with E-state index in [2.05, 4.69) is 20.9 Å². The zero-order chi connectivity index (χ0) is 26.6. The van der Waals surface area contributed by atoms with Gasteiger partial charge >= 0.3 is 0 Å². The van der Waals surface area contributed by atoms with Crippen LogP contribution in [0.2, 0.25) is 0 Å². The maximum absolute atomic E-state index is 14.2. The van der Waals surface area contributed by atoms with Crippen molar-refractivity contribution in [2.24, 2.45) is 0 Å². The molecule has 2 saturated heterocycles. The quantitative estimate of drug-likeness (QED) is 0.457. The van der Waals surface area contributed by atoms with Gasteiger partial charge in [-0.3, -0.25) is 19.3 Å². The number of nitrogens with zero attached hydrogens (tertiary/aromatic N) is 2. The molecule has 3 aliphatic heterocycles. The van der Waals surface area contributed by atoms with Crippen LogP contribution in [0.25, 0.3) is 0 Å². The molecular formula is C29H39Cl2N5O4. The number of hydrogen-bond donors (Lipinski definition) is 3. The zero-order valence-electron chi connectivity index (χ0n) is 22.9. The summed E-state index contributed by atoms with van der Waals surface area (Å²) in [5.41, 5.74) is 1.65. The lowest BCUT2D eigenvalue weighted by atomic mass is 9.98. The molecule has 0 saturated carbocycles. The fourth-order valence-corrected chi connectivity index (χ4v) is 5.74. The Kier molecular flexibility index (Phi) is 11.2. The molecule has 5 rings (SSSR count). The second-order valence-electron chi connectivity index (χ2n) is 10.4. The number of halogens is 2. The molecule has 2 aromatic carbocycles. The molecule has 218 valence electrons. The number of carbonyl (C=O) groups is 3. The van der Waals surface area contributed by atoms with E-state index in [0.717, 1.165) is 30.7 Å². The SMILES string of the molecule is CN[C@@H](C)C(=O)N[C@H](C(=O)N1CC2CCCN2CC1C(=O)N[C@@H]1CCOc2ccccc21)c1ccccc1.Cl.Cl. The number of ether oxygens (including phenoxy) is 1. The molecule has 5 atom stereocenters. The second kappa shape index (κ2) is 14.2. The number of carbonyl (C=O) groups excluding carboxylic acids is 3. The van der Waals surface area contributed by atoms with Gasteiger partial charge < -0.3 is 25.6 Å². The Bertz CT molecular complexity index is 1170. The molecule has 2 fully saturated rings. The van der Waals surface area contributed by atoms with E-state index in [1.807, 2.05) is 54.6 Å². The number of benzene rings is 2. The molecule has 0 bridgehead atoms. The van der Waals surface area contributed by atoms with E-state index < -0.39 is 18.1 Å². The minimum Gasteiger partial charge on any atom is -0.493 e. The minimum absolute atomic E-state index is 0. The Hall–Kier alpha value is -2.85. The van der Waals surface area contributed by atoms with E-state index in [4.69, 9.17) is 4.74 Å². The molecular weight excluding hydrogens is 553 g/mol. The molecule has 11 heteroatoms. The fourth-order valence-electron chi connectivity index (χ4n) is 5.74. The third kappa shape index (κ3) is 6.71. The van der Waals surface area contributed by atoms with E-state index in [0.29, 0.717) is 31.7 Å². The maximum Gasteiger partial charge on any atom is 0.250 e. The normalized spacial score (nSPS) is 23.1. The Morgan fingerprint density at radius 1 is 0.975 bits per heavy atom. The van der Waals surface area contributed by atoms with Crippen molar-refractivity contribution in [3.63, 3.8) is 0 Å². The van der Waals surface area contributed by atoms with E-state index in [1.165, 1.54) is 0 Å². The van der Waals surface area contributed by atoms with Crippen LogP contribution in [-0.4, -0.2) is 78.9 Å². The number of nitrogens with one attached hydrogen (secondary N) is 3. The van der Waals surface area contributed by atoms with Crippen LogP contribution < -0.4 is 20.7 Å². The molecule has 2 unspecified atom stereocenters. The van der Waals surface area contributed by atoms with Crippen LogP contribution in [0.15, 0.2) is 54.6 Å². The second-order valence-corrected chi connectivity index (χ2v) is 10.4. The highest BCUT2D eigenvalue weighted by Gasteiger charge is 2.44. The molecule has 3 aliphatic rings.